The van der Waals surface area contributed by atoms with E-state index in [1.54, 1.807) is 18.2 Å². The van der Waals surface area contributed by atoms with E-state index in [-0.39, 0.29) is 41.4 Å². The summed E-state index contributed by atoms with van der Waals surface area (Å²) < 4.78 is 4.97. The van der Waals surface area contributed by atoms with Crippen molar-refractivity contribution in [2.75, 3.05) is 18.9 Å². The topological polar surface area (TPSA) is 109 Å². The Morgan fingerprint density at radius 2 is 1.88 bits per heavy atom. The van der Waals surface area contributed by atoms with Gasteiger partial charge in [0.15, 0.2) is 5.76 Å². The summed E-state index contributed by atoms with van der Waals surface area (Å²) >= 11 is 0. The second-order valence-electron chi connectivity index (χ2n) is 5.81. The zero-order valence-electron chi connectivity index (χ0n) is 14.1. The highest BCUT2D eigenvalue weighted by atomic mass is 16.3. The lowest BCUT2D eigenvalue weighted by atomic mass is 10.1. The number of nitrogens with zero attached hydrogens (tertiary/aromatic N) is 1. The Morgan fingerprint density at radius 1 is 1.12 bits per heavy atom. The monoisotopic (exact) mass is 355 g/mol. The molecule has 8 heteroatoms. The number of fused-ring (bicyclic) bond motifs is 1. The first-order valence-electron chi connectivity index (χ1n) is 8.05. The number of anilines is 1. The number of rotatable bonds is 6. The number of imide groups is 1. The summed E-state index contributed by atoms with van der Waals surface area (Å²) in [6.07, 6.45) is 2.06. The lowest BCUT2D eigenvalue weighted by molar-refractivity contribution is -0.116. The third-order valence-electron chi connectivity index (χ3n) is 3.98. The smallest absolute Gasteiger partial charge is 0.286 e. The summed E-state index contributed by atoms with van der Waals surface area (Å²) in [7, 11) is 1.42. The van der Waals surface area contributed by atoms with E-state index in [0.717, 1.165) is 4.90 Å². The lowest BCUT2D eigenvalue weighted by Crippen LogP contribution is -2.25. The zero-order chi connectivity index (χ0) is 18.7. The first kappa shape index (κ1) is 17.4. The Hall–Kier alpha value is -3.42. The number of carbonyl (C=O) groups excluding carboxylic acids is 4. The Morgan fingerprint density at radius 3 is 2.62 bits per heavy atom. The number of amides is 4. The third kappa shape index (κ3) is 3.49. The lowest BCUT2D eigenvalue weighted by Gasteiger charge is -2.07. The van der Waals surface area contributed by atoms with Crippen LogP contribution < -0.4 is 10.6 Å². The average molecular weight is 355 g/mol. The molecule has 1 aromatic heterocycles. The number of carbonyl (C=O) groups is 4. The highest BCUT2D eigenvalue weighted by molar-refractivity contribution is 6.21. The summed E-state index contributed by atoms with van der Waals surface area (Å²) in [5, 5.41) is 5.34. The minimum atomic E-state index is -0.387. The van der Waals surface area contributed by atoms with E-state index < -0.39 is 0 Å². The van der Waals surface area contributed by atoms with Gasteiger partial charge in [0.25, 0.3) is 17.7 Å². The van der Waals surface area contributed by atoms with Crippen molar-refractivity contribution in [2.45, 2.75) is 12.8 Å². The molecule has 0 fully saturated rings. The van der Waals surface area contributed by atoms with E-state index in [1.807, 2.05) is 0 Å². The second kappa shape index (κ2) is 7.22. The van der Waals surface area contributed by atoms with E-state index in [2.05, 4.69) is 10.6 Å². The number of furan rings is 1. The highest BCUT2D eigenvalue weighted by Gasteiger charge is 2.32. The SMILES string of the molecule is CN1C(=O)c2ccc(NC(=O)CCCNC(=O)c3ccco3)cc2C1=O. The molecule has 4 amide bonds. The minimum absolute atomic E-state index is 0.197. The molecule has 2 heterocycles. The molecule has 2 N–H and O–H groups in total. The number of hydrogen-bond acceptors (Lipinski definition) is 5. The van der Waals surface area contributed by atoms with Crippen LogP contribution in [0.4, 0.5) is 5.69 Å². The van der Waals surface area contributed by atoms with Crippen molar-refractivity contribution >= 4 is 29.3 Å². The molecule has 2 aromatic rings. The van der Waals surface area contributed by atoms with E-state index in [1.165, 1.54) is 25.4 Å². The van der Waals surface area contributed by atoms with E-state index in [0.29, 0.717) is 24.2 Å². The van der Waals surface area contributed by atoms with Crippen molar-refractivity contribution in [2.24, 2.45) is 0 Å². The Kier molecular flexibility index (Phi) is 4.83. The van der Waals surface area contributed by atoms with Gasteiger partial charge in [-0.2, -0.15) is 0 Å². The molecule has 1 aromatic carbocycles. The molecule has 1 aliphatic rings. The van der Waals surface area contributed by atoms with Gasteiger partial charge in [0.05, 0.1) is 17.4 Å². The van der Waals surface area contributed by atoms with Crippen LogP contribution in [0.1, 0.15) is 44.1 Å². The van der Waals surface area contributed by atoms with Crippen molar-refractivity contribution < 1.29 is 23.6 Å². The van der Waals surface area contributed by atoms with Gasteiger partial charge >= 0.3 is 0 Å². The maximum atomic E-state index is 12.0. The number of benzene rings is 1. The molecule has 0 bridgehead atoms. The molecule has 134 valence electrons. The first-order chi connectivity index (χ1) is 12.5. The molecular formula is C18H17N3O5. The van der Waals surface area contributed by atoms with Crippen LogP contribution in [0.5, 0.6) is 0 Å². The molecule has 8 nitrogen and oxygen atoms in total. The maximum absolute atomic E-state index is 12.0. The molecule has 0 unspecified atom stereocenters. The molecule has 26 heavy (non-hydrogen) atoms. The van der Waals surface area contributed by atoms with Crippen molar-refractivity contribution in [3.05, 3.63) is 53.5 Å². The van der Waals surface area contributed by atoms with Crippen molar-refractivity contribution in [3.8, 4) is 0 Å². The van der Waals surface area contributed by atoms with E-state index in [4.69, 9.17) is 4.42 Å². The van der Waals surface area contributed by atoms with Crippen molar-refractivity contribution in [3.63, 3.8) is 0 Å². The first-order valence-corrected chi connectivity index (χ1v) is 8.05. The van der Waals surface area contributed by atoms with E-state index >= 15 is 0 Å². The predicted octanol–water partition coefficient (Wildman–Crippen LogP) is 1.65. The third-order valence-corrected chi connectivity index (χ3v) is 3.98. The summed E-state index contributed by atoms with van der Waals surface area (Å²) in [5.74, 6) is -1.10. The van der Waals surface area contributed by atoms with Gasteiger partial charge in [-0.05, 0) is 36.8 Å². The van der Waals surface area contributed by atoms with Gasteiger partial charge in [-0.25, -0.2) is 0 Å². The molecule has 0 atom stereocenters. The number of nitrogens with one attached hydrogen (secondary N) is 2. The van der Waals surface area contributed by atoms with Gasteiger partial charge in [0.1, 0.15) is 0 Å². The fourth-order valence-electron chi connectivity index (χ4n) is 2.61. The summed E-state index contributed by atoms with van der Waals surface area (Å²) in [5.41, 5.74) is 1.06. The van der Waals surface area contributed by atoms with Crippen LogP contribution in [0, 0.1) is 0 Å². The fourth-order valence-corrected chi connectivity index (χ4v) is 2.61. The molecule has 0 saturated carbocycles. The molecule has 0 radical (unpaired) electrons. The predicted molar refractivity (Wildman–Crippen MR) is 91.8 cm³/mol. The zero-order valence-corrected chi connectivity index (χ0v) is 14.1. The highest BCUT2D eigenvalue weighted by Crippen LogP contribution is 2.24. The fraction of sp³-hybridized carbons (Fsp3) is 0.222. The molecular weight excluding hydrogens is 338 g/mol. The standard InChI is InChI=1S/C18H17N3O5/c1-21-17(24)12-7-6-11(10-13(12)18(21)25)20-15(22)5-2-8-19-16(23)14-4-3-9-26-14/h3-4,6-7,9-10H,2,5,8H2,1H3,(H,19,23)(H,20,22). The largest absolute Gasteiger partial charge is 0.459 e. The van der Waals surface area contributed by atoms with Crippen LogP contribution in [-0.2, 0) is 4.79 Å². The summed E-state index contributed by atoms with van der Waals surface area (Å²) in [4.78, 5) is 48.5. The minimum Gasteiger partial charge on any atom is -0.459 e. The Balaban J connectivity index is 1.48. The Labute approximate surface area is 149 Å². The summed E-state index contributed by atoms with van der Waals surface area (Å²) in [6.45, 7) is 0.328. The van der Waals surface area contributed by atoms with Gasteiger partial charge in [0, 0.05) is 25.7 Å². The molecule has 0 aliphatic carbocycles. The van der Waals surface area contributed by atoms with Crippen molar-refractivity contribution in [1.82, 2.24) is 10.2 Å². The quantitative estimate of drug-likeness (QED) is 0.605. The van der Waals surface area contributed by atoms with Crippen LogP contribution in [-0.4, -0.2) is 42.1 Å². The van der Waals surface area contributed by atoms with Crippen LogP contribution in [0.25, 0.3) is 0 Å². The number of hydrogen-bond donors (Lipinski definition) is 2. The summed E-state index contributed by atoms with van der Waals surface area (Å²) in [6, 6.07) is 7.78. The van der Waals surface area contributed by atoms with Gasteiger partial charge in [0.2, 0.25) is 5.91 Å². The second-order valence-corrected chi connectivity index (χ2v) is 5.81. The Bertz CT molecular complexity index is 873. The van der Waals surface area contributed by atoms with E-state index in [9.17, 15) is 19.2 Å². The molecule has 1 aliphatic heterocycles. The normalized spacial score (nSPS) is 12.9. The van der Waals surface area contributed by atoms with Crippen molar-refractivity contribution in [1.29, 1.82) is 0 Å². The average Bonchev–Trinajstić information content (AvgIpc) is 3.24. The molecule has 0 saturated heterocycles. The van der Waals surface area contributed by atoms with Crippen LogP contribution in [0.15, 0.2) is 41.0 Å². The van der Waals surface area contributed by atoms with Crippen LogP contribution in [0.3, 0.4) is 0 Å². The van der Waals surface area contributed by atoms with Gasteiger partial charge in [-0.1, -0.05) is 0 Å². The molecule has 3 rings (SSSR count). The van der Waals surface area contributed by atoms with Crippen LogP contribution in [0.2, 0.25) is 0 Å². The van der Waals surface area contributed by atoms with Crippen LogP contribution >= 0.6 is 0 Å². The maximum Gasteiger partial charge on any atom is 0.286 e. The molecule has 0 spiro atoms. The van der Waals surface area contributed by atoms with Gasteiger partial charge < -0.3 is 15.1 Å². The van der Waals surface area contributed by atoms with Gasteiger partial charge in [-0.15, -0.1) is 0 Å². The van der Waals surface area contributed by atoms with Gasteiger partial charge in [-0.3, -0.25) is 24.1 Å².